The second kappa shape index (κ2) is 8.00. The van der Waals surface area contributed by atoms with Crippen molar-refractivity contribution in [3.63, 3.8) is 0 Å². The second-order valence-corrected chi connectivity index (χ2v) is 10.3. The van der Waals surface area contributed by atoms with Crippen molar-refractivity contribution in [3.8, 4) is 11.1 Å². The Kier molecular flexibility index (Phi) is 5.51. The number of carbonyl (C=O) groups is 2. The van der Waals surface area contributed by atoms with Crippen LogP contribution in [0, 0.1) is 0 Å². The number of hydrogen-bond donors (Lipinski definition) is 0. The third kappa shape index (κ3) is 4.17. The minimum Gasteiger partial charge on any atom is -0.446 e. The largest absolute Gasteiger partial charge is 0.446 e. The van der Waals surface area contributed by atoms with E-state index in [0.717, 1.165) is 30.4 Å². The Morgan fingerprint density at radius 2 is 1.65 bits per heavy atom. The van der Waals surface area contributed by atoms with Crippen LogP contribution in [-0.4, -0.2) is 45.4 Å². The SMILES string of the molecule is CC(=O)N1c2ccc(-c3ccc(S(C)(=O)=O)cc3)cc2N(C(=O)OC2CCC2)C[C@@H]1C. The molecule has 0 saturated heterocycles. The van der Waals surface area contributed by atoms with E-state index in [1.807, 2.05) is 25.1 Å². The topological polar surface area (TPSA) is 84.0 Å². The van der Waals surface area contributed by atoms with Crippen molar-refractivity contribution in [1.29, 1.82) is 0 Å². The molecule has 0 bridgehead atoms. The summed E-state index contributed by atoms with van der Waals surface area (Å²) in [5.41, 5.74) is 2.91. The summed E-state index contributed by atoms with van der Waals surface area (Å²) in [6.45, 7) is 3.76. The van der Waals surface area contributed by atoms with Gasteiger partial charge in [0.25, 0.3) is 0 Å². The highest BCUT2D eigenvalue weighted by atomic mass is 32.2. The van der Waals surface area contributed by atoms with Crippen LogP contribution >= 0.6 is 0 Å². The molecule has 2 aliphatic rings. The van der Waals surface area contributed by atoms with Crippen molar-refractivity contribution in [2.24, 2.45) is 0 Å². The van der Waals surface area contributed by atoms with Gasteiger partial charge in [0.2, 0.25) is 5.91 Å². The summed E-state index contributed by atoms with van der Waals surface area (Å²) >= 11 is 0. The number of rotatable bonds is 3. The maximum atomic E-state index is 12.9. The highest BCUT2D eigenvalue weighted by molar-refractivity contribution is 7.90. The highest BCUT2D eigenvalue weighted by Crippen LogP contribution is 2.39. The standard InChI is InChI=1S/C23H26N2O5S/c1-15-14-24(23(27)30-19-5-4-6-19)22-13-18(9-12-21(22)25(15)16(2)26)17-7-10-20(11-8-17)31(3,28)29/h7-13,15,19H,4-6,14H2,1-3H3/t15-/m0/s1. The predicted molar refractivity (Wildman–Crippen MR) is 119 cm³/mol. The molecule has 1 aliphatic heterocycles. The van der Waals surface area contributed by atoms with Crippen molar-refractivity contribution < 1.29 is 22.7 Å². The van der Waals surface area contributed by atoms with E-state index < -0.39 is 15.9 Å². The van der Waals surface area contributed by atoms with E-state index in [-0.39, 0.29) is 22.9 Å². The number of ether oxygens (including phenoxy) is 1. The van der Waals surface area contributed by atoms with Gasteiger partial charge in [-0.05, 0) is 61.6 Å². The van der Waals surface area contributed by atoms with Crippen LogP contribution in [0.3, 0.4) is 0 Å². The number of benzene rings is 2. The van der Waals surface area contributed by atoms with Gasteiger partial charge in [-0.3, -0.25) is 9.69 Å². The van der Waals surface area contributed by atoms with Crippen molar-refractivity contribution >= 4 is 33.2 Å². The second-order valence-electron chi connectivity index (χ2n) is 8.29. The fraction of sp³-hybridized carbons (Fsp3) is 0.391. The van der Waals surface area contributed by atoms with Gasteiger partial charge in [-0.25, -0.2) is 13.2 Å². The third-order valence-corrected chi connectivity index (χ3v) is 7.04. The number of fused-ring (bicyclic) bond motifs is 1. The van der Waals surface area contributed by atoms with Crippen LogP contribution in [0.25, 0.3) is 11.1 Å². The van der Waals surface area contributed by atoms with Crippen molar-refractivity contribution in [2.45, 2.75) is 50.2 Å². The molecule has 0 unspecified atom stereocenters. The minimum absolute atomic E-state index is 0.0381. The molecular weight excluding hydrogens is 416 g/mol. The minimum atomic E-state index is -3.28. The Labute approximate surface area is 182 Å². The molecule has 31 heavy (non-hydrogen) atoms. The highest BCUT2D eigenvalue weighted by Gasteiger charge is 2.36. The summed E-state index contributed by atoms with van der Waals surface area (Å²) < 4.78 is 29.1. The van der Waals surface area contributed by atoms with Crippen LogP contribution in [0.2, 0.25) is 0 Å². The van der Waals surface area contributed by atoms with Crippen LogP contribution in [0.4, 0.5) is 16.2 Å². The molecule has 0 spiro atoms. The zero-order chi connectivity index (χ0) is 22.3. The lowest BCUT2D eigenvalue weighted by atomic mass is 9.96. The Morgan fingerprint density at radius 3 is 2.19 bits per heavy atom. The Balaban J connectivity index is 1.73. The van der Waals surface area contributed by atoms with Crippen molar-refractivity contribution in [1.82, 2.24) is 0 Å². The molecule has 4 rings (SSSR count). The summed E-state index contributed by atoms with van der Waals surface area (Å²) in [5, 5.41) is 0. The summed E-state index contributed by atoms with van der Waals surface area (Å²) in [5.74, 6) is -0.0917. The first kappa shape index (κ1) is 21.4. The van der Waals surface area contributed by atoms with Gasteiger partial charge in [-0.1, -0.05) is 18.2 Å². The van der Waals surface area contributed by atoms with Gasteiger partial charge in [0.15, 0.2) is 9.84 Å². The zero-order valence-corrected chi connectivity index (χ0v) is 18.7. The first-order valence-electron chi connectivity index (χ1n) is 10.4. The molecule has 1 saturated carbocycles. The van der Waals surface area contributed by atoms with Gasteiger partial charge in [0.1, 0.15) is 6.10 Å². The molecule has 1 fully saturated rings. The Hall–Kier alpha value is -2.87. The molecule has 1 aliphatic carbocycles. The summed E-state index contributed by atoms with van der Waals surface area (Å²) in [4.78, 5) is 28.8. The predicted octanol–water partition coefficient (Wildman–Crippen LogP) is 4.01. The maximum absolute atomic E-state index is 12.9. The smallest absolute Gasteiger partial charge is 0.414 e. The summed E-state index contributed by atoms with van der Waals surface area (Å²) in [6.07, 6.45) is 3.57. The van der Waals surface area contributed by atoms with Gasteiger partial charge in [-0.15, -0.1) is 0 Å². The van der Waals surface area contributed by atoms with E-state index >= 15 is 0 Å². The molecule has 8 heteroatoms. The molecule has 2 aromatic rings. The lowest BCUT2D eigenvalue weighted by Gasteiger charge is -2.41. The number of nitrogens with zero attached hydrogens (tertiary/aromatic N) is 2. The van der Waals surface area contributed by atoms with Gasteiger partial charge < -0.3 is 9.64 Å². The summed E-state index contributed by atoms with van der Waals surface area (Å²) in [6, 6.07) is 12.0. The lowest BCUT2D eigenvalue weighted by molar-refractivity contribution is -0.117. The van der Waals surface area contributed by atoms with E-state index in [1.165, 1.54) is 13.2 Å². The molecule has 0 N–H and O–H groups in total. The van der Waals surface area contributed by atoms with Crippen molar-refractivity contribution in [3.05, 3.63) is 42.5 Å². The van der Waals surface area contributed by atoms with Gasteiger partial charge >= 0.3 is 6.09 Å². The fourth-order valence-electron chi connectivity index (χ4n) is 4.05. The number of carbonyl (C=O) groups excluding carboxylic acids is 2. The normalized spacial score (nSPS) is 18.9. The van der Waals surface area contributed by atoms with E-state index in [4.69, 9.17) is 4.74 Å². The van der Waals surface area contributed by atoms with E-state index in [9.17, 15) is 18.0 Å². The maximum Gasteiger partial charge on any atom is 0.414 e. The molecule has 2 aromatic carbocycles. The molecule has 7 nitrogen and oxygen atoms in total. The van der Waals surface area contributed by atoms with Crippen LogP contribution in [0.1, 0.15) is 33.1 Å². The first-order valence-corrected chi connectivity index (χ1v) is 12.3. The molecule has 1 atom stereocenters. The molecule has 1 heterocycles. The van der Waals surface area contributed by atoms with Gasteiger partial charge in [0, 0.05) is 19.7 Å². The lowest BCUT2D eigenvalue weighted by Crippen LogP contribution is -2.52. The number of anilines is 2. The van der Waals surface area contributed by atoms with Crippen LogP contribution in [0.15, 0.2) is 47.4 Å². The molecule has 164 valence electrons. The quantitative estimate of drug-likeness (QED) is 0.717. The molecule has 0 radical (unpaired) electrons. The van der Waals surface area contributed by atoms with E-state index in [0.29, 0.717) is 17.9 Å². The van der Waals surface area contributed by atoms with Crippen LogP contribution in [0.5, 0.6) is 0 Å². The molecule has 0 aromatic heterocycles. The Bertz CT molecular complexity index is 1120. The third-order valence-electron chi connectivity index (χ3n) is 5.91. The van der Waals surface area contributed by atoms with Crippen LogP contribution in [-0.2, 0) is 19.4 Å². The monoisotopic (exact) mass is 442 g/mol. The number of sulfone groups is 1. The number of hydrogen-bond acceptors (Lipinski definition) is 5. The fourth-order valence-corrected chi connectivity index (χ4v) is 4.68. The average molecular weight is 443 g/mol. The van der Waals surface area contributed by atoms with E-state index in [2.05, 4.69) is 0 Å². The summed E-state index contributed by atoms with van der Waals surface area (Å²) in [7, 11) is -3.28. The van der Waals surface area contributed by atoms with Gasteiger partial charge in [0.05, 0.1) is 22.3 Å². The van der Waals surface area contributed by atoms with E-state index in [1.54, 1.807) is 34.1 Å². The molecular formula is C23H26N2O5S. The van der Waals surface area contributed by atoms with Gasteiger partial charge in [-0.2, -0.15) is 0 Å². The zero-order valence-electron chi connectivity index (χ0n) is 17.9. The first-order chi connectivity index (χ1) is 14.6. The van der Waals surface area contributed by atoms with Crippen LogP contribution < -0.4 is 9.80 Å². The average Bonchev–Trinajstić information content (AvgIpc) is 2.68. The molecule has 2 amide bonds. The number of amides is 2. The van der Waals surface area contributed by atoms with Crippen molar-refractivity contribution in [2.75, 3.05) is 22.6 Å². The Morgan fingerprint density at radius 1 is 1.00 bits per heavy atom.